The van der Waals surface area contributed by atoms with Crippen LogP contribution in [0.1, 0.15) is 49.2 Å². The molecule has 2 heterocycles. The summed E-state index contributed by atoms with van der Waals surface area (Å²) in [5.74, 6) is 3.70. The van der Waals surface area contributed by atoms with E-state index in [4.69, 9.17) is 4.74 Å². The fourth-order valence-corrected chi connectivity index (χ4v) is 3.15. The summed E-state index contributed by atoms with van der Waals surface area (Å²) in [5.41, 5.74) is 0. The fourth-order valence-electron chi connectivity index (χ4n) is 3.15. The number of amides is 1. The predicted octanol–water partition coefficient (Wildman–Crippen LogP) is 2.47. The monoisotopic (exact) mass is 326 g/mol. The summed E-state index contributed by atoms with van der Waals surface area (Å²) >= 11 is 0. The first kappa shape index (κ1) is 15.2. The number of likely N-dealkylation sites (tertiary alicyclic amines) is 1. The van der Waals surface area contributed by atoms with Crippen molar-refractivity contribution in [1.29, 1.82) is 0 Å². The van der Waals surface area contributed by atoms with Crippen LogP contribution in [-0.4, -0.2) is 45.7 Å². The van der Waals surface area contributed by atoms with E-state index in [0.29, 0.717) is 11.8 Å². The third-order valence-corrected chi connectivity index (χ3v) is 4.80. The number of benzene rings is 1. The van der Waals surface area contributed by atoms with E-state index < -0.39 is 0 Å². The molecule has 1 aromatic heterocycles. The second kappa shape index (κ2) is 6.63. The predicted molar refractivity (Wildman–Crippen MR) is 88.8 cm³/mol. The highest BCUT2D eigenvalue weighted by Gasteiger charge is 2.30. The van der Waals surface area contributed by atoms with Gasteiger partial charge < -0.3 is 9.64 Å². The number of aromatic nitrogens is 3. The Morgan fingerprint density at radius 1 is 1.12 bits per heavy atom. The minimum Gasteiger partial charge on any atom is -0.484 e. The number of nitrogens with zero attached hydrogens (tertiary/aromatic N) is 3. The topological polar surface area (TPSA) is 71.1 Å². The van der Waals surface area contributed by atoms with Gasteiger partial charge in [-0.15, -0.1) is 0 Å². The first-order valence-electron chi connectivity index (χ1n) is 8.67. The third-order valence-electron chi connectivity index (χ3n) is 4.80. The van der Waals surface area contributed by atoms with E-state index in [2.05, 4.69) is 15.2 Å². The van der Waals surface area contributed by atoms with Crippen molar-refractivity contribution in [2.24, 2.45) is 0 Å². The second-order valence-corrected chi connectivity index (χ2v) is 6.61. The number of ether oxygens (including phenoxy) is 1. The lowest BCUT2D eigenvalue weighted by atomic mass is 9.96. The highest BCUT2D eigenvalue weighted by molar-refractivity contribution is 5.77. The Bertz CT molecular complexity index is 688. The van der Waals surface area contributed by atoms with Crippen LogP contribution in [0.5, 0.6) is 5.75 Å². The Morgan fingerprint density at radius 3 is 2.58 bits per heavy atom. The summed E-state index contributed by atoms with van der Waals surface area (Å²) in [4.78, 5) is 18.8. The Morgan fingerprint density at radius 2 is 1.88 bits per heavy atom. The summed E-state index contributed by atoms with van der Waals surface area (Å²) in [6, 6.07) is 9.45. The highest BCUT2D eigenvalue weighted by atomic mass is 16.5. The summed E-state index contributed by atoms with van der Waals surface area (Å²) in [5, 5.41) is 7.43. The van der Waals surface area contributed by atoms with Gasteiger partial charge in [0.25, 0.3) is 5.91 Å². The van der Waals surface area contributed by atoms with Crippen molar-refractivity contribution in [2.75, 3.05) is 19.7 Å². The van der Waals surface area contributed by atoms with Crippen molar-refractivity contribution in [2.45, 2.75) is 37.5 Å². The fraction of sp³-hybridized carbons (Fsp3) is 0.500. The van der Waals surface area contributed by atoms with Gasteiger partial charge in [-0.1, -0.05) is 18.2 Å². The van der Waals surface area contributed by atoms with Crippen molar-refractivity contribution in [3.8, 4) is 5.75 Å². The molecule has 1 aromatic carbocycles. The molecule has 24 heavy (non-hydrogen) atoms. The summed E-state index contributed by atoms with van der Waals surface area (Å²) in [7, 11) is 0. The van der Waals surface area contributed by atoms with Gasteiger partial charge in [0.2, 0.25) is 0 Å². The first-order chi connectivity index (χ1) is 11.8. The maximum absolute atomic E-state index is 12.3. The van der Waals surface area contributed by atoms with Gasteiger partial charge in [0.15, 0.2) is 12.4 Å². The number of para-hydroxylation sites is 1. The van der Waals surface area contributed by atoms with Crippen LogP contribution in [0.25, 0.3) is 0 Å². The molecule has 2 aromatic rings. The van der Waals surface area contributed by atoms with E-state index in [1.54, 1.807) is 0 Å². The zero-order valence-electron chi connectivity index (χ0n) is 13.6. The molecule has 6 nitrogen and oxygen atoms in total. The van der Waals surface area contributed by atoms with Gasteiger partial charge in [0.05, 0.1) is 0 Å². The lowest BCUT2D eigenvalue weighted by Gasteiger charge is -2.30. The summed E-state index contributed by atoms with van der Waals surface area (Å²) < 4.78 is 5.55. The van der Waals surface area contributed by atoms with Crippen LogP contribution < -0.4 is 4.74 Å². The smallest absolute Gasteiger partial charge is 0.260 e. The van der Waals surface area contributed by atoms with E-state index in [9.17, 15) is 4.79 Å². The molecule has 6 heteroatoms. The zero-order chi connectivity index (χ0) is 16.4. The Balaban J connectivity index is 1.26. The third kappa shape index (κ3) is 3.42. The minimum absolute atomic E-state index is 0.0496. The maximum Gasteiger partial charge on any atom is 0.260 e. The molecule has 1 saturated heterocycles. The number of H-pyrrole nitrogens is 1. The van der Waals surface area contributed by atoms with Crippen LogP contribution in [-0.2, 0) is 4.79 Å². The average Bonchev–Trinajstić information content (AvgIpc) is 3.38. The van der Waals surface area contributed by atoms with Crippen molar-refractivity contribution in [3.05, 3.63) is 42.0 Å². The van der Waals surface area contributed by atoms with Crippen molar-refractivity contribution in [3.63, 3.8) is 0 Å². The Labute approximate surface area is 141 Å². The highest BCUT2D eigenvalue weighted by Crippen LogP contribution is 2.38. The number of carbonyl (C=O) groups is 1. The summed E-state index contributed by atoms with van der Waals surface area (Å²) in [6.07, 6.45) is 4.28. The quantitative estimate of drug-likeness (QED) is 0.916. The number of aromatic amines is 1. The van der Waals surface area contributed by atoms with Crippen molar-refractivity contribution < 1.29 is 9.53 Å². The molecular weight excluding hydrogens is 304 g/mol. The van der Waals surface area contributed by atoms with Crippen LogP contribution in [0.4, 0.5) is 0 Å². The van der Waals surface area contributed by atoms with Gasteiger partial charge in [-0.2, -0.15) is 5.10 Å². The molecular formula is C18H22N4O2. The van der Waals surface area contributed by atoms with Crippen molar-refractivity contribution >= 4 is 5.91 Å². The van der Waals surface area contributed by atoms with Gasteiger partial charge in [-0.05, 0) is 37.8 Å². The molecule has 0 spiro atoms. The number of rotatable bonds is 5. The molecule has 1 aliphatic heterocycles. The Hall–Kier alpha value is -2.37. The molecule has 2 aliphatic rings. The van der Waals surface area contributed by atoms with Crippen LogP contribution in [0.2, 0.25) is 0 Å². The van der Waals surface area contributed by atoms with E-state index >= 15 is 0 Å². The number of carbonyl (C=O) groups excluding carboxylic acids is 1. The molecule has 0 radical (unpaired) electrons. The zero-order valence-corrected chi connectivity index (χ0v) is 13.6. The van der Waals surface area contributed by atoms with E-state index in [1.165, 1.54) is 12.8 Å². The minimum atomic E-state index is 0.0496. The SMILES string of the molecule is O=C(COc1ccccc1)N1CCC(c2nc(C3CC3)n[nH]2)CC1. The molecule has 1 saturated carbocycles. The average molecular weight is 326 g/mol. The second-order valence-electron chi connectivity index (χ2n) is 6.61. The van der Waals surface area contributed by atoms with Gasteiger partial charge in [0.1, 0.15) is 11.6 Å². The lowest BCUT2D eigenvalue weighted by Crippen LogP contribution is -2.40. The normalized spacial score (nSPS) is 18.6. The molecule has 4 rings (SSSR count). The number of hydrogen-bond acceptors (Lipinski definition) is 4. The molecule has 1 N–H and O–H groups in total. The molecule has 2 fully saturated rings. The molecule has 0 atom stereocenters. The van der Waals surface area contributed by atoms with Gasteiger partial charge in [0, 0.05) is 24.9 Å². The van der Waals surface area contributed by atoms with Crippen LogP contribution in [0.15, 0.2) is 30.3 Å². The number of hydrogen-bond donors (Lipinski definition) is 1. The largest absolute Gasteiger partial charge is 0.484 e. The van der Waals surface area contributed by atoms with E-state index in [1.807, 2.05) is 35.2 Å². The van der Waals surface area contributed by atoms with E-state index in [-0.39, 0.29) is 12.5 Å². The molecule has 1 amide bonds. The van der Waals surface area contributed by atoms with Gasteiger partial charge in [-0.25, -0.2) is 4.98 Å². The van der Waals surface area contributed by atoms with Crippen LogP contribution in [0.3, 0.4) is 0 Å². The number of nitrogens with one attached hydrogen (secondary N) is 1. The molecule has 126 valence electrons. The van der Waals surface area contributed by atoms with Crippen LogP contribution in [0, 0.1) is 0 Å². The molecule has 0 bridgehead atoms. The summed E-state index contributed by atoms with van der Waals surface area (Å²) in [6.45, 7) is 1.60. The van der Waals surface area contributed by atoms with E-state index in [0.717, 1.165) is 43.3 Å². The van der Waals surface area contributed by atoms with Gasteiger partial charge >= 0.3 is 0 Å². The lowest BCUT2D eigenvalue weighted by molar-refractivity contribution is -0.134. The van der Waals surface area contributed by atoms with Crippen molar-refractivity contribution in [1.82, 2.24) is 20.1 Å². The number of piperidine rings is 1. The Kier molecular flexibility index (Phi) is 4.19. The van der Waals surface area contributed by atoms with Crippen LogP contribution >= 0.6 is 0 Å². The molecule has 0 unspecified atom stereocenters. The standard InChI is InChI=1S/C18H22N4O2/c23-16(12-24-15-4-2-1-3-5-15)22-10-8-14(9-11-22)18-19-17(20-21-18)13-6-7-13/h1-5,13-14H,6-12H2,(H,19,20,21). The maximum atomic E-state index is 12.3. The van der Waals surface area contributed by atoms with Gasteiger partial charge in [-0.3, -0.25) is 9.89 Å². The first-order valence-corrected chi connectivity index (χ1v) is 8.67. The molecule has 1 aliphatic carbocycles.